The molecule has 0 heterocycles. The summed E-state index contributed by atoms with van der Waals surface area (Å²) in [6.45, 7) is 6.50. The summed E-state index contributed by atoms with van der Waals surface area (Å²) in [5, 5.41) is 9.05. The molecule has 1 nitrogen and oxygen atoms in total. The minimum Gasteiger partial charge on any atom is -0.393 e. The van der Waals surface area contributed by atoms with Crippen LogP contribution in [0.4, 0.5) is 0 Å². The lowest BCUT2D eigenvalue weighted by Gasteiger charge is -2.47. The number of rotatable bonds is 0. The summed E-state index contributed by atoms with van der Waals surface area (Å²) in [5.74, 6) is 0.502. The molecule has 0 amide bonds. The van der Waals surface area contributed by atoms with Crippen LogP contribution >= 0.6 is 0 Å². The van der Waals surface area contributed by atoms with Gasteiger partial charge in [-0.05, 0) is 17.8 Å². The molecule has 1 N–H and O–H groups in total. The predicted molar refractivity (Wildman–Crippen MR) is 33.6 cm³/mol. The molecule has 1 fully saturated rings. The fourth-order valence-corrected chi connectivity index (χ4v) is 1.26. The highest BCUT2D eigenvalue weighted by Crippen LogP contribution is 2.45. The summed E-state index contributed by atoms with van der Waals surface area (Å²) in [4.78, 5) is 0. The zero-order chi connectivity index (χ0) is 6.36. The molecule has 0 spiro atoms. The van der Waals surface area contributed by atoms with Crippen LogP contribution in [0.25, 0.3) is 0 Å². The average molecular weight is 114 g/mol. The monoisotopic (exact) mass is 114 g/mol. The topological polar surface area (TPSA) is 20.2 Å². The van der Waals surface area contributed by atoms with Crippen LogP contribution in [0.2, 0.25) is 0 Å². The highest BCUT2D eigenvalue weighted by molar-refractivity contribution is 4.92. The van der Waals surface area contributed by atoms with E-state index in [0.29, 0.717) is 11.3 Å². The molecule has 2 unspecified atom stereocenters. The van der Waals surface area contributed by atoms with Crippen LogP contribution in [-0.4, -0.2) is 11.2 Å². The number of aliphatic hydroxyl groups is 1. The van der Waals surface area contributed by atoms with E-state index in [9.17, 15) is 0 Å². The van der Waals surface area contributed by atoms with Crippen molar-refractivity contribution in [3.63, 3.8) is 0 Å². The second-order valence-corrected chi connectivity index (χ2v) is 3.55. The lowest BCUT2D eigenvalue weighted by atomic mass is 9.61. The van der Waals surface area contributed by atoms with E-state index in [1.807, 2.05) is 0 Å². The summed E-state index contributed by atoms with van der Waals surface area (Å²) >= 11 is 0. The first-order valence-electron chi connectivity index (χ1n) is 3.22. The van der Waals surface area contributed by atoms with Gasteiger partial charge in [0.1, 0.15) is 0 Å². The molecule has 0 aromatic carbocycles. The van der Waals surface area contributed by atoms with E-state index in [0.717, 1.165) is 6.42 Å². The van der Waals surface area contributed by atoms with Gasteiger partial charge in [0.05, 0.1) is 6.10 Å². The van der Waals surface area contributed by atoms with Crippen molar-refractivity contribution in [2.24, 2.45) is 11.3 Å². The lowest BCUT2D eigenvalue weighted by molar-refractivity contribution is -0.0760. The predicted octanol–water partition coefficient (Wildman–Crippen LogP) is 1.41. The van der Waals surface area contributed by atoms with Gasteiger partial charge in [-0.2, -0.15) is 0 Å². The maximum Gasteiger partial charge on any atom is 0.0576 e. The Hall–Kier alpha value is -0.0400. The zero-order valence-electron chi connectivity index (χ0n) is 5.81. The van der Waals surface area contributed by atoms with Crippen molar-refractivity contribution in [3.05, 3.63) is 0 Å². The van der Waals surface area contributed by atoms with E-state index in [1.54, 1.807) is 0 Å². The van der Waals surface area contributed by atoms with Crippen LogP contribution < -0.4 is 0 Å². The third kappa shape index (κ3) is 0.655. The van der Waals surface area contributed by atoms with Gasteiger partial charge >= 0.3 is 0 Å². The van der Waals surface area contributed by atoms with Crippen molar-refractivity contribution in [1.29, 1.82) is 0 Å². The van der Waals surface area contributed by atoms with Crippen LogP contribution in [0.3, 0.4) is 0 Å². The molecule has 0 bridgehead atoms. The Balaban J connectivity index is 2.47. The SMILES string of the molecule is CC1C(O)CC1(C)C. The second-order valence-electron chi connectivity index (χ2n) is 3.55. The molecule has 0 saturated heterocycles. The number of hydrogen-bond donors (Lipinski definition) is 1. The van der Waals surface area contributed by atoms with Crippen molar-refractivity contribution in [2.75, 3.05) is 0 Å². The summed E-state index contributed by atoms with van der Waals surface area (Å²) in [6.07, 6.45) is 0.957. The molecule has 1 aliphatic carbocycles. The molecule has 0 radical (unpaired) electrons. The fourth-order valence-electron chi connectivity index (χ4n) is 1.26. The van der Waals surface area contributed by atoms with Crippen LogP contribution in [0.1, 0.15) is 27.2 Å². The normalized spacial score (nSPS) is 43.5. The van der Waals surface area contributed by atoms with Crippen LogP contribution in [0, 0.1) is 11.3 Å². The van der Waals surface area contributed by atoms with Crippen molar-refractivity contribution >= 4 is 0 Å². The summed E-state index contributed by atoms with van der Waals surface area (Å²) < 4.78 is 0. The number of aliphatic hydroxyl groups excluding tert-OH is 1. The fraction of sp³-hybridized carbons (Fsp3) is 1.00. The van der Waals surface area contributed by atoms with Gasteiger partial charge in [-0.1, -0.05) is 20.8 Å². The highest BCUT2D eigenvalue weighted by atomic mass is 16.3. The summed E-state index contributed by atoms with van der Waals surface area (Å²) in [7, 11) is 0. The van der Waals surface area contributed by atoms with Crippen molar-refractivity contribution in [1.82, 2.24) is 0 Å². The van der Waals surface area contributed by atoms with Gasteiger partial charge in [-0.25, -0.2) is 0 Å². The van der Waals surface area contributed by atoms with Gasteiger partial charge in [-0.15, -0.1) is 0 Å². The first-order valence-corrected chi connectivity index (χ1v) is 3.22. The average Bonchev–Trinajstić information content (AvgIpc) is 1.65. The Morgan fingerprint density at radius 1 is 1.50 bits per heavy atom. The van der Waals surface area contributed by atoms with Crippen LogP contribution in [-0.2, 0) is 0 Å². The molecular formula is C7H14O. The molecule has 0 aromatic rings. The number of hydrogen-bond acceptors (Lipinski definition) is 1. The zero-order valence-corrected chi connectivity index (χ0v) is 5.81. The van der Waals surface area contributed by atoms with Gasteiger partial charge in [0.25, 0.3) is 0 Å². The summed E-state index contributed by atoms with van der Waals surface area (Å²) in [5.41, 5.74) is 0.402. The van der Waals surface area contributed by atoms with Crippen molar-refractivity contribution in [3.8, 4) is 0 Å². The Labute approximate surface area is 50.7 Å². The Kier molecular flexibility index (Phi) is 1.12. The first kappa shape index (κ1) is 6.09. The molecule has 2 atom stereocenters. The second kappa shape index (κ2) is 1.47. The molecular weight excluding hydrogens is 100 g/mol. The Bertz CT molecular complexity index is 96.6. The largest absolute Gasteiger partial charge is 0.393 e. The van der Waals surface area contributed by atoms with E-state index in [4.69, 9.17) is 5.11 Å². The molecule has 1 heteroatoms. The minimum absolute atomic E-state index is 0.0231. The van der Waals surface area contributed by atoms with Crippen LogP contribution in [0.5, 0.6) is 0 Å². The smallest absolute Gasteiger partial charge is 0.0576 e. The molecule has 1 rings (SSSR count). The molecule has 1 saturated carbocycles. The van der Waals surface area contributed by atoms with Crippen LogP contribution in [0.15, 0.2) is 0 Å². The highest BCUT2D eigenvalue weighted by Gasteiger charge is 2.42. The molecule has 8 heavy (non-hydrogen) atoms. The molecule has 1 aliphatic rings. The van der Waals surface area contributed by atoms with E-state index < -0.39 is 0 Å². The quantitative estimate of drug-likeness (QED) is 0.505. The van der Waals surface area contributed by atoms with E-state index in [2.05, 4.69) is 20.8 Å². The van der Waals surface area contributed by atoms with Gasteiger partial charge in [0, 0.05) is 0 Å². The lowest BCUT2D eigenvalue weighted by Crippen LogP contribution is -2.45. The molecule has 0 aromatic heterocycles. The van der Waals surface area contributed by atoms with Gasteiger partial charge in [-0.3, -0.25) is 0 Å². The van der Waals surface area contributed by atoms with Gasteiger partial charge < -0.3 is 5.11 Å². The maximum absolute atomic E-state index is 9.05. The minimum atomic E-state index is -0.0231. The third-order valence-electron chi connectivity index (χ3n) is 2.55. The molecule has 0 aliphatic heterocycles. The van der Waals surface area contributed by atoms with E-state index >= 15 is 0 Å². The Morgan fingerprint density at radius 2 is 2.00 bits per heavy atom. The maximum atomic E-state index is 9.05. The first-order chi connectivity index (χ1) is 3.54. The molecule has 48 valence electrons. The Morgan fingerprint density at radius 3 is 2.00 bits per heavy atom. The summed E-state index contributed by atoms with van der Waals surface area (Å²) in [6, 6.07) is 0. The van der Waals surface area contributed by atoms with Crippen molar-refractivity contribution in [2.45, 2.75) is 33.3 Å². The van der Waals surface area contributed by atoms with E-state index in [-0.39, 0.29) is 6.10 Å². The third-order valence-corrected chi connectivity index (χ3v) is 2.55. The standard InChI is InChI=1S/C7H14O/c1-5-6(8)4-7(5,2)3/h5-6,8H,4H2,1-3H3. The van der Waals surface area contributed by atoms with Crippen molar-refractivity contribution < 1.29 is 5.11 Å². The van der Waals surface area contributed by atoms with Gasteiger partial charge in [0.2, 0.25) is 0 Å². The van der Waals surface area contributed by atoms with E-state index in [1.165, 1.54) is 0 Å². The van der Waals surface area contributed by atoms with Gasteiger partial charge in [0.15, 0.2) is 0 Å².